The molecule has 3 heteroatoms. The predicted molar refractivity (Wildman–Crippen MR) is 257 cm³/mol. The van der Waals surface area contributed by atoms with E-state index in [0.717, 1.165) is 50.3 Å². The van der Waals surface area contributed by atoms with Gasteiger partial charge in [-0.1, -0.05) is 158 Å². The fraction of sp³-hybridized carbons (Fsp3) is 0. The van der Waals surface area contributed by atoms with Crippen molar-refractivity contribution in [1.29, 1.82) is 0 Å². The maximum absolute atomic E-state index is 6.26. The van der Waals surface area contributed by atoms with E-state index in [4.69, 9.17) is 4.42 Å². The highest BCUT2D eigenvalue weighted by molar-refractivity contribution is 6.10. The van der Waals surface area contributed by atoms with Crippen molar-refractivity contribution in [3.63, 3.8) is 0 Å². The Labute approximate surface area is 353 Å². The Kier molecular flexibility index (Phi) is 8.17. The van der Waals surface area contributed by atoms with Gasteiger partial charge in [0.25, 0.3) is 0 Å². The third kappa shape index (κ3) is 5.90. The quantitative estimate of drug-likeness (QED) is 0.161. The molecule has 0 unspecified atom stereocenters. The van der Waals surface area contributed by atoms with Crippen LogP contribution < -0.4 is 4.90 Å². The Morgan fingerprint density at radius 1 is 0.311 bits per heavy atom. The van der Waals surface area contributed by atoms with E-state index in [-0.39, 0.29) is 0 Å². The Bertz CT molecular complexity index is 3540. The fourth-order valence-corrected chi connectivity index (χ4v) is 9.31. The lowest BCUT2D eigenvalue weighted by atomic mass is 9.93. The molecule has 0 saturated heterocycles. The fourth-order valence-electron chi connectivity index (χ4n) is 9.31. The molecule has 61 heavy (non-hydrogen) atoms. The van der Waals surface area contributed by atoms with E-state index in [9.17, 15) is 0 Å². The van der Waals surface area contributed by atoms with Gasteiger partial charge in [0.1, 0.15) is 11.2 Å². The summed E-state index contributed by atoms with van der Waals surface area (Å²) in [6, 6.07) is 83.0. The molecule has 0 atom stereocenters. The van der Waals surface area contributed by atoms with Gasteiger partial charge in [0.05, 0.1) is 16.7 Å². The molecule has 0 aliphatic carbocycles. The van der Waals surface area contributed by atoms with E-state index in [0.29, 0.717) is 0 Å². The first-order valence-electron chi connectivity index (χ1n) is 20.8. The van der Waals surface area contributed by atoms with Gasteiger partial charge in [-0.15, -0.1) is 0 Å². The molecule has 2 heterocycles. The molecule has 3 nitrogen and oxygen atoms in total. The number of nitrogens with zero attached hydrogens (tertiary/aromatic N) is 2. The smallest absolute Gasteiger partial charge is 0.135 e. The lowest BCUT2D eigenvalue weighted by molar-refractivity contribution is 0.669. The van der Waals surface area contributed by atoms with Gasteiger partial charge >= 0.3 is 0 Å². The van der Waals surface area contributed by atoms with Crippen LogP contribution in [0, 0.1) is 0 Å². The average Bonchev–Trinajstić information content (AvgIpc) is 3.87. The van der Waals surface area contributed by atoms with Crippen LogP contribution in [-0.4, -0.2) is 4.57 Å². The van der Waals surface area contributed by atoms with Crippen molar-refractivity contribution in [1.82, 2.24) is 4.57 Å². The molecule has 12 aromatic rings. The number of benzene rings is 10. The topological polar surface area (TPSA) is 21.3 Å². The largest absolute Gasteiger partial charge is 0.456 e. The van der Waals surface area contributed by atoms with Crippen molar-refractivity contribution in [3.05, 3.63) is 231 Å². The molecule has 0 bridgehead atoms. The zero-order chi connectivity index (χ0) is 40.3. The first kappa shape index (κ1) is 34.9. The summed E-state index contributed by atoms with van der Waals surface area (Å²) < 4.78 is 8.68. The normalized spacial score (nSPS) is 11.6. The zero-order valence-electron chi connectivity index (χ0n) is 33.2. The Morgan fingerprint density at radius 2 is 0.836 bits per heavy atom. The number of hydrogen-bond donors (Lipinski definition) is 0. The maximum atomic E-state index is 6.26. The predicted octanol–water partition coefficient (Wildman–Crippen LogP) is 16.3. The molecule has 286 valence electrons. The van der Waals surface area contributed by atoms with E-state index < -0.39 is 0 Å². The number of para-hydroxylation sites is 4. The van der Waals surface area contributed by atoms with Gasteiger partial charge in [-0.3, -0.25) is 0 Å². The second-order valence-corrected chi connectivity index (χ2v) is 15.7. The van der Waals surface area contributed by atoms with E-state index >= 15 is 0 Å². The molecule has 0 fully saturated rings. The Balaban J connectivity index is 0.966. The van der Waals surface area contributed by atoms with Gasteiger partial charge in [0.2, 0.25) is 0 Å². The Morgan fingerprint density at radius 3 is 1.57 bits per heavy atom. The molecular weight excluding hydrogens is 741 g/mol. The molecule has 0 spiro atoms. The molecular formula is C58H38N2O. The van der Waals surface area contributed by atoms with Crippen LogP contribution in [0.2, 0.25) is 0 Å². The van der Waals surface area contributed by atoms with Gasteiger partial charge in [-0.05, 0) is 111 Å². The van der Waals surface area contributed by atoms with Gasteiger partial charge < -0.3 is 13.9 Å². The molecule has 12 rings (SSSR count). The van der Waals surface area contributed by atoms with Crippen LogP contribution >= 0.6 is 0 Å². The molecule has 0 aliphatic rings. The van der Waals surface area contributed by atoms with Crippen LogP contribution in [0.1, 0.15) is 0 Å². The lowest BCUT2D eigenvalue weighted by Gasteiger charge is -2.26. The van der Waals surface area contributed by atoms with Crippen molar-refractivity contribution in [2.75, 3.05) is 4.90 Å². The minimum Gasteiger partial charge on any atom is -0.456 e. The molecule has 0 aliphatic heterocycles. The van der Waals surface area contributed by atoms with Crippen LogP contribution in [-0.2, 0) is 0 Å². The van der Waals surface area contributed by atoms with E-state index in [1.54, 1.807) is 0 Å². The molecule has 10 aromatic carbocycles. The minimum atomic E-state index is 0.879. The number of anilines is 3. The van der Waals surface area contributed by atoms with E-state index in [1.165, 1.54) is 60.4 Å². The summed E-state index contributed by atoms with van der Waals surface area (Å²) in [5.41, 5.74) is 15.6. The number of rotatable bonds is 7. The molecule has 0 amide bonds. The molecule has 0 N–H and O–H groups in total. The summed E-state index contributed by atoms with van der Waals surface area (Å²) in [5.74, 6) is 0. The summed E-state index contributed by atoms with van der Waals surface area (Å²) >= 11 is 0. The summed E-state index contributed by atoms with van der Waals surface area (Å²) in [4.78, 5) is 2.35. The highest BCUT2D eigenvalue weighted by atomic mass is 16.3. The van der Waals surface area contributed by atoms with Crippen LogP contribution in [0.25, 0.3) is 93.6 Å². The van der Waals surface area contributed by atoms with Gasteiger partial charge in [0.15, 0.2) is 0 Å². The number of hydrogen-bond acceptors (Lipinski definition) is 2. The van der Waals surface area contributed by atoms with Crippen molar-refractivity contribution < 1.29 is 4.42 Å². The SMILES string of the molecule is c1ccc(-c2ccccc2-n2c3ccccc3c3ccccc32)c(-c2ccc(N(c3ccc(-c4ccc5ccccc5c4)cc3)c3ccc4oc5ccccc5c4c3)cc2)c1. The monoisotopic (exact) mass is 778 g/mol. The number of furan rings is 1. The van der Waals surface area contributed by atoms with Gasteiger partial charge in [-0.2, -0.15) is 0 Å². The van der Waals surface area contributed by atoms with Crippen molar-refractivity contribution >= 4 is 71.6 Å². The standard InChI is InChI=1S/C58H38N2O/c1-2-14-42-37-43(26-25-39(42)13-1)40-27-31-44(32-28-40)59(46-35-36-58-53(38-46)52-20-8-12-24-57(52)61-58)45-33-29-41(30-34-45)47-15-3-4-16-48(47)49-17-5-9-21-54(49)60-55-22-10-6-18-50(55)51-19-7-11-23-56(51)60/h1-38H. The van der Waals surface area contributed by atoms with Crippen molar-refractivity contribution in [3.8, 4) is 39.1 Å². The minimum absolute atomic E-state index is 0.879. The summed E-state index contributed by atoms with van der Waals surface area (Å²) in [6.45, 7) is 0. The first-order chi connectivity index (χ1) is 30.2. The highest BCUT2D eigenvalue weighted by Crippen LogP contribution is 2.43. The summed E-state index contributed by atoms with van der Waals surface area (Å²) in [7, 11) is 0. The van der Waals surface area contributed by atoms with Crippen LogP contribution in [0.3, 0.4) is 0 Å². The second kappa shape index (κ2) is 14.3. The van der Waals surface area contributed by atoms with Gasteiger partial charge in [0, 0.05) is 44.2 Å². The average molecular weight is 779 g/mol. The summed E-state index contributed by atoms with van der Waals surface area (Å²) in [5, 5.41) is 7.20. The van der Waals surface area contributed by atoms with Crippen molar-refractivity contribution in [2.24, 2.45) is 0 Å². The van der Waals surface area contributed by atoms with Crippen molar-refractivity contribution in [2.45, 2.75) is 0 Å². The third-order valence-electron chi connectivity index (χ3n) is 12.2. The van der Waals surface area contributed by atoms with E-state index in [2.05, 4.69) is 228 Å². The molecule has 2 aromatic heterocycles. The summed E-state index contributed by atoms with van der Waals surface area (Å²) in [6.07, 6.45) is 0. The van der Waals surface area contributed by atoms with Crippen LogP contribution in [0.4, 0.5) is 17.1 Å². The first-order valence-corrected chi connectivity index (χ1v) is 20.8. The molecule has 0 saturated carbocycles. The number of aromatic nitrogens is 1. The van der Waals surface area contributed by atoms with Gasteiger partial charge in [-0.25, -0.2) is 0 Å². The van der Waals surface area contributed by atoms with Crippen LogP contribution in [0.15, 0.2) is 235 Å². The Hall–Kier alpha value is -8.14. The maximum Gasteiger partial charge on any atom is 0.135 e. The zero-order valence-corrected chi connectivity index (χ0v) is 33.2. The lowest BCUT2D eigenvalue weighted by Crippen LogP contribution is -2.09. The highest BCUT2D eigenvalue weighted by Gasteiger charge is 2.19. The van der Waals surface area contributed by atoms with E-state index in [1.807, 2.05) is 12.1 Å². The molecule has 0 radical (unpaired) electrons. The number of fused-ring (bicyclic) bond motifs is 7. The third-order valence-corrected chi connectivity index (χ3v) is 12.2. The second-order valence-electron chi connectivity index (χ2n) is 15.7. The van der Waals surface area contributed by atoms with Crippen LogP contribution in [0.5, 0.6) is 0 Å².